The van der Waals surface area contributed by atoms with Crippen LogP contribution in [0.1, 0.15) is 43.7 Å². The summed E-state index contributed by atoms with van der Waals surface area (Å²) in [5.41, 5.74) is 2.43. The molecule has 0 spiro atoms. The van der Waals surface area contributed by atoms with Crippen LogP contribution in [0.25, 0.3) is 0 Å². The molecule has 0 aromatic heterocycles. The summed E-state index contributed by atoms with van der Waals surface area (Å²) in [6.07, 6.45) is 5.01. The molecule has 0 aliphatic rings. The zero-order valence-corrected chi connectivity index (χ0v) is 12.1. The van der Waals surface area contributed by atoms with E-state index in [4.69, 9.17) is 4.74 Å². The first-order valence-corrected chi connectivity index (χ1v) is 6.84. The molecule has 0 unspecified atom stereocenters. The molecule has 0 N–H and O–H groups in total. The standard InChI is InChI=1S/C14H21BrO/c1-4-5-6-7-8-16-14-10-11(2)13(15)9-12(14)3/h9-10H,4-8H2,1-3H3. The Morgan fingerprint density at radius 3 is 2.50 bits per heavy atom. The van der Waals surface area contributed by atoms with E-state index in [1.54, 1.807) is 0 Å². The van der Waals surface area contributed by atoms with Crippen molar-refractivity contribution in [2.45, 2.75) is 46.5 Å². The van der Waals surface area contributed by atoms with Crippen molar-refractivity contribution in [3.8, 4) is 5.75 Å². The van der Waals surface area contributed by atoms with Crippen LogP contribution in [0.3, 0.4) is 0 Å². The van der Waals surface area contributed by atoms with Crippen molar-refractivity contribution in [3.63, 3.8) is 0 Å². The number of unbranched alkanes of at least 4 members (excludes halogenated alkanes) is 3. The van der Waals surface area contributed by atoms with Crippen LogP contribution >= 0.6 is 15.9 Å². The lowest BCUT2D eigenvalue weighted by Crippen LogP contribution is -1.99. The fourth-order valence-corrected chi connectivity index (χ4v) is 2.08. The van der Waals surface area contributed by atoms with Gasteiger partial charge >= 0.3 is 0 Å². The summed E-state index contributed by atoms with van der Waals surface area (Å²) in [4.78, 5) is 0. The van der Waals surface area contributed by atoms with E-state index in [0.29, 0.717) is 0 Å². The maximum Gasteiger partial charge on any atom is 0.122 e. The monoisotopic (exact) mass is 284 g/mol. The van der Waals surface area contributed by atoms with Crippen LogP contribution in [0.15, 0.2) is 16.6 Å². The average Bonchev–Trinajstić information content (AvgIpc) is 2.25. The highest BCUT2D eigenvalue weighted by atomic mass is 79.9. The molecule has 0 fully saturated rings. The smallest absolute Gasteiger partial charge is 0.122 e. The molecule has 0 saturated carbocycles. The van der Waals surface area contributed by atoms with E-state index in [1.165, 1.54) is 30.4 Å². The molecule has 1 rings (SSSR count). The van der Waals surface area contributed by atoms with Crippen LogP contribution in [-0.2, 0) is 0 Å². The normalized spacial score (nSPS) is 10.5. The van der Waals surface area contributed by atoms with Gasteiger partial charge < -0.3 is 4.74 Å². The third kappa shape index (κ3) is 4.17. The second-order valence-electron chi connectivity index (χ2n) is 4.28. The molecule has 0 heterocycles. The van der Waals surface area contributed by atoms with Gasteiger partial charge in [-0.1, -0.05) is 42.1 Å². The second kappa shape index (κ2) is 6.95. The maximum absolute atomic E-state index is 5.80. The summed E-state index contributed by atoms with van der Waals surface area (Å²) in [6.45, 7) is 7.24. The Balaban J connectivity index is 2.45. The van der Waals surface area contributed by atoms with Crippen molar-refractivity contribution >= 4 is 15.9 Å². The zero-order valence-electron chi connectivity index (χ0n) is 10.5. The molecule has 0 radical (unpaired) electrons. The summed E-state index contributed by atoms with van der Waals surface area (Å²) >= 11 is 3.53. The van der Waals surface area contributed by atoms with Gasteiger partial charge in [0.15, 0.2) is 0 Å². The van der Waals surface area contributed by atoms with Crippen molar-refractivity contribution in [1.82, 2.24) is 0 Å². The number of aryl methyl sites for hydroxylation is 2. The zero-order chi connectivity index (χ0) is 12.0. The SMILES string of the molecule is CCCCCCOc1cc(C)c(Br)cc1C. The lowest BCUT2D eigenvalue weighted by Gasteiger charge is -2.11. The molecular formula is C14H21BrO. The van der Waals surface area contributed by atoms with E-state index in [2.05, 4.69) is 48.8 Å². The molecule has 0 amide bonds. The molecule has 1 nitrogen and oxygen atoms in total. The van der Waals surface area contributed by atoms with Gasteiger partial charge in [0.25, 0.3) is 0 Å². The fourth-order valence-electron chi connectivity index (χ4n) is 1.62. The van der Waals surface area contributed by atoms with Gasteiger partial charge in [0.05, 0.1) is 6.61 Å². The molecule has 1 aromatic carbocycles. The lowest BCUT2D eigenvalue weighted by atomic mass is 10.1. The maximum atomic E-state index is 5.80. The van der Waals surface area contributed by atoms with Crippen molar-refractivity contribution < 1.29 is 4.74 Å². The molecule has 0 bridgehead atoms. The molecule has 0 aliphatic heterocycles. The van der Waals surface area contributed by atoms with Crippen LogP contribution in [0.4, 0.5) is 0 Å². The number of halogens is 1. The minimum absolute atomic E-state index is 0.835. The van der Waals surface area contributed by atoms with Gasteiger partial charge in [0.2, 0.25) is 0 Å². The van der Waals surface area contributed by atoms with E-state index in [-0.39, 0.29) is 0 Å². The van der Waals surface area contributed by atoms with Crippen LogP contribution in [0, 0.1) is 13.8 Å². The van der Waals surface area contributed by atoms with Crippen LogP contribution in [0.2, 0.25) is 0 Å². The molecule has 0 aliphatic carbocycles. The lowest BCUT2D eigenvalue weighted by molar-refractivity contribution is 0.303. The first-order chi connectivity index (χ1) is 7.65. The van der Waals surface area contributed by atoms with Crippen LogP contribution in [-0.4, -0.2) is 6.61 Å². The first-order valence-electron chi connectivity index (χ1n) is 6.04. The summed E-state index contributed by atoms with van der Waals surface area (Å²) in [5, 5.41) is 0. The van der Waals surface area contributed by atoms with Gasteiger partial charge in [0, 0.05) is 4.47 Å². The van der Waals surface area contributed by atoms with Crippen LogP contribution in [0.5, 0.6) is 5.75 Å². The Morgan fingerprint density at radius 1 is 1.06 bits per heavy atom. The van der Waals surface area contributed by atoms with E-state index < -0.39 is 0 Å². The third-order valence-electron chi connectivity index (χ3n) is 2.71. The average molecular weight is 285 g/mol. The quantitative estimate of drug-likeness (QED) is 0.666. The highest BCUT2D eigenvalue weighted by molar-refractivity contribution is 9.10. The highest BCUT2D eigenvalue weighted by Gasteiger charge is 2.03. The number of ether oxygens (including phenoxy) is 1. The van der Waals surface area contributed by atoms with Gasteiger partial charge in [-0.05, 0) is 43.5 Å². The van der Waals surface area contributed by atoms with Crippen molar-refractivity contribution in [1.29, 1.82) is 0 Å². The minimum atomic E-state index is 0.835. The van der Waals surface area contributed by atoms with E-state index in [9.17, 15) is 0 Å². The molecule has 1 aromatic rings. The van der Waals surface area contributed by atoms with Gasteiger partial charge in [-0.15, -0.1) is 0 Å². The highest BCUT2D eigenvalue weighted by Crippen LogP contribution is 2.26. The fraction of sp³-hybridized carbons (Fsp3) is 0.571. The summed E-state index contributed by atoms with van der Waals surface area (Å²) in [6, 6.07) is 4.23. The molecule has 16 heavy (non-hydrogen) atoms. The number of benzene rings is 1. The topological polar surface area (TPSA) is 9.23 Å². The molecular weight excluding hydrogens is 264 g/mol. The first kappa shape index (κ1) is 13.6. The van der Waals surface area contributed by atoms with Crippen molar-refractivity contribution in [3.05, 3.63) is 27.7 Å². The minimum Gasteiger partial charge on any atom is -0.493 e. The molecule has 2 heteroatoms. The Labute approximate surface area is 107 Å². The van der Waals surface area contributed by atoms with Gasteiger partial charge in [0.1, 0.15) is 5.75 Å². The van der Waals surface area contributed by atoms with Gasteiger partial charge in [-0.3, -0.25) is 0 Å². The third-order valence-corrected chi connectivity index (χ3v) is 3.57. The summed E-state index contributed by atoms with van der Waals surface area (Å²) in [7, 11) is 0. The van der Waals surface area contributed by atoms with Gasteiger partial charge in [-0.2, -0.15) is 0 Å². The summed E-state index contributed by atoms with van der Waals surface area (Å²) in [5.74, 6) is 1.03. The summed E-state index contributed by atoms with van der Waals surface area (Å²) < 4.78 is 6.95. The van der Waals surface area contributed by atoms with Crippen molar-refractivity contribution in [2.24, 2.45) is 0 Å². The Morgan fingerprint density at radius 2 is 1.81 bits per heavy atom. The number of hydrogen-bond acceptors (Lipinski definition) is 1. The van der Waals surface area contributed by atoms with Crippen molar-refractivity contribution in [2.75, 3.05) is 6.61 Å². The Bertz CT molecular complexity index is 334. The van der Waals surface area contributed by atoms with E-state index in [0.717, 1.165) is 23.2 Å². The number of rotatable bonds is 6. The van der Waals surface area contributed by atoms with Crippen LogP contribution < -0.4 is 4.74 Å². The van der Waals surface area contributed by atoms with E-state index >= 15 is 0 Å². The Kier molecular flexibility index (Phi) is 5.89. The van der Waals surface area contributed by atoms with E-state index in [1.807, 2.05) is 0 Å². The molecule has 0 atom stereocenters. The molecule has 90 valence electrons. The largest absolute Gasteiger partial charge is 0.493 e. The second-order valence-corrected chi connectivity index (χ2v) is 5.13. The predicted octanol–water partition coefficient (Wildman–Crippen LogP) is 5.03. The van der Waals surface area contributed by atoms with Gasteiger partial charge in [-0.25, -0.2) is 0 Å². The predicted molar refractivity (Wildman–Crippen MR) is 73.3 cm³/mol. The molecule has 0 saturated heterocycles. The Hall–Kier alpha value is -0.500. The number of hydrogen-bond donors (Lipinski definition) is 0.